The molecule has 0 spiro atoms. The minimum Gasteiger partial charge on any atom is -0.447 e. The lowest BCUT2D eigenvalue weighted by Gasteiger charge is -2.30. The summed E-state index contributed by atoms with van der Waals surface area (Å²) in [7, 11) is 0. The quantitative estimate of drug-likeness (QED) is 0.605. The number of carbonyl (C=O) groups is 1. The number of amides is 1. The van der Waals surface area contributed by atoms with Crippen LogP contribution in [0.4, 0.5) is 5.69 Å². The molecular weight excluding hydrogens is 372 g/mol. The average Bonchev–Trinajstić information content (AvgIpc) is 2.82. The number of anilines is 1. The van der Waals surface area contributed by atoms with E-state index in [0.717, 1.165) is 27.9 Å². The van der Waals surface area contributed by atoms with Crippen LogP contribution in [-0.2, 0) is 4.79 Å². The fourth-order valence-electron chi connectivity index (χ4n) is 3.25. The predicted molar refractivity (Wildman–Crippen MR) is 109 cm³/mol. The van der Waals surface area contributed by atoms with E-state index in [-0.39, 0.29) is 5.91 Å². The molecule has 1 aromatic heterocycles. The molecule has 0 radical (unpaired) electrons. The van der Waals surface area contributed by atoms with Crippen LogP contribution in [0.2, 0.25) is 0 Å². The maximum atomic E-state index is 12.7. The van der Waals surface area contributed by atoms with Crippen molar-refractivity contribution in [2.45, 2.75) is 32.2 Å². The number of aromatic nitrogens is 3. The van der Waals surface area contributed by atoms with Crippen LogP contribution in [0.15, 0.2) is 47.6 Å². The van der Waals surface area contributed by atoms with Gasteiger partial charge in [-0.05, 0) is 32.2 Å². The van der Waals surface area contributed by atoms with Gasteiger partial charge in [0.25, 0.3) is 0 Å². The van der Waals surface area contributed by atoms with Crippen LogP contribution >= 0.6 is 11.8 Å². The number of nitrogens with zero attached hydrogens (tertiary/aromatic N) is 4. The number of hydrogen-bond donors (Lipinski definition) is 0. The number of aryl methyl sites for hydroxylation is 2. The van der Waals surface area contributed by atoms with Crippen molar-refractivity contribution in [3.8, 4) is 17.1 Å². The summed E-state index contributed by atoms with van der Waals surface area (Å²) in [6, 6.07) is 13.8. The molecule has 3 aromatic rings. The third kappa shape index (κ3) is 3.22. The Morgan fingerprint density at radius 2 is 1.79 bits per heavy atom. The predicted octanol–water partition coefficient (Wildman–Crippen LogP) is 4.32. The summed E-state index contributed by atoms with van der Waals surface area (Å²) in [5.74, 6) is 0.252. The first-order chi connectivity index (χ1) is 13.5. The molecule has 0 saturated carbocycles. The van der Waals surface area contributed by atoms with E-state index in [4.69, 9.17) is 4.74 Å². The second kappa shape index (κ2) is 7.24. The average molecular weight is 392 g/mol. The molecule has 1 amide bonds. The molecule has 4 rings (SSSR count). The van der Waals surface area contributed by atoms with E-state index < -0.39 is 6.23 Å². The molecule has 142 valence electrons. The van der Waals surface area contributed by atoms with Gasteiger partial charge in [-0.1, -0.05) is 53.2 Å². The van der Waals surface area contributed by atoms with Gasteiger partial charge in [-0.2, -0.15) is 4.98 Å². The summed E-state index contributed by atoms with van der Waals surface area (Å²) in [5.41, 5.74) is 5.11. The van der Waals surface area contributed by atoms with E-state index in [0.29, 0.717) is 16.7 Å². The number of benzene rings is 2. The molecule has 0 saturated heterocycles. The van der Waals surface area contributed by atoms with E-state index in [1.165, 1.54) is 18.7 Å². The highest BCUT2D eigenvalue weighted by atomic mass is 32.2. The zero-order chi connectivity index (χ0) is 19.8. The van der Waals surface area contributed by atoms with Crippen LogP contribution in [-0.4, -0.2) is 27.3 Å². The van der Waals surface area contributed by atoms with Gasteiger partial charge in [0, 0.05) is 18.1 Å². The van der Waals surface area contributed by atoms with Crippen LogP contribution in [0.25, 0.3) is 11.3 Å². The molecule has 1 aliphatic heterocycles. The smallest absolute Gasteiger partial charge is 0.247 e. The highest BCUT2D eigenvalue weighted by molar-refractivity contribution is 7.98. The minimum absolute atomic E-state index is 0.124. The van der Waals surface area contributed by atoms with Crippen LogP contribution < -0.4 is 9.64 Å². The lowest BCUT2D eigenvalue weighted by molar-refractivity contribution is -0.118. The van der Waals surface area contributed by atoms with Crippen LogP contribution in [0.5, 0.6) is 5.88 Å². The second-order valence-corrected chi connectivity index (χ2v) is 7.52. The topological polar surface area (TPSA) is 68.2 Å². The van der Waals surface area contributed by atoms with Gasteiger partial charge in [0.05, 0.1) is 5.69 Å². The highest BCUT2D eigenvalue weighted by Crippen LogP contribution is 2.43. The van der Waals surface area contributed by atoms with E-state index in [1.807, 2.05) is 62.6 Å². The van der Waals surface area contributed by atoms with Gasteiger partial charge >= 0.3 is 0 Å². The van der Waals surface area contributed by atoms with Crippen molar-refractivity contribution < 1.29 is 9.53 Å². The number of thioether (sulfide) groups is 1. The first-order valence-electron chi connectivity index (χ1n) is 8.90. The van der Waals surface area contributed by atoms with Crippen LogP contribution in [0, 0.1) is 13.8 Å². The Bertz CT molecular complexity index is 1050. The Balaban J connectivity index is 1.98. The van der Waals surface area contributed by atoms with Gasteiger partial charge in [0.15, 0.2) is 5.69 Å². The zero-order valence-electron chi connectivity index (χ0n) is 16.1. The summed E-state index contributed by atoms with van der Waals surface area (Å²) in [6.45, 7) is 5.56. The van der Waals surface area contributed by atoms with Crippen molar-refractivity contribution >= 4 is 23.4 Å². The van der Waals surface area contributed by atoms with E-state index >= 15 is 0 Å². The van der Waals surface area contributed by atoms with Crippen molar-refractivity contribution in [2.24, 2.45) is 0 Å². The molecule has 28 heavy (non-hydrogen) atoms. The third-order valence-corrected chi connectivity index (χ3v) is 5.18. The highest BCUT2D eigenvalue weighted by Gasteiger charge is 2.34. The van der Waals surface area contributed by atoms with E-state index in [9.17, 15) is 4.79 Å². The van der Waals surface area contributed by atoms with Gasteiger partial charge in [0.2, 0.25) is 23.2 Å². The summed E-state index contributed by atoms with van der Waals surface area (Å²) >= 11 is 1.39. The first kappa shape index (κ1) is 18.4. The van der Waals surface area contributed by atoms with E-state index in [1.54, 1.807) is 4.90 Å². The van der Waals surface area contributed by atoms with Crippen molar-refractivity contribution in [3.05, 3.63) is 59.2 Å². The zero-order valence-corrected chi connectivity index (χ0v) is 16.9. The largest absolute Gasteiger partial charge is 0.447 e. The van der Waals surface area contributed by atoms with Crippen LogP contribution in [0.1, 0.15) is 29.8 Å². The van der Waals surface area contributed by atoms with Gasteiger partial charge in [0.1, 0.15) is 0 Å². The minimum atomic E-state index is -0.646. The summed E-state index contributed by atoms with van der Waals surface area (Å²) in [6.07, 6.45) is 1.24. The normalized spacial score (nSPS) is 15.3. The summed E-state index contributed by atoms with van der Waals surface area (Å²) in [4.78, 5) is 18.9. The standard InChI is InChI=1S/C21H20N4O2S/c1-12-5-8-15(9-6-12)20-25(14(3)26)17-10-7-13(2)11-16(17)18-19(27-20)22-21(28-4)24-23-18/h5-11,20H,1-4H3/t20-/m1/s1. The molecule has 2 aromatic carbocycles. The molecule has 1 atom stereocenters. The number of hydrogen-bond acceptors (Lipinski definition) is 6. The number of rotatable bonds is 2. The van der Waals surface area contributed by atoms with Gasteiger partial charge in [-0.15, -0.1) is 10.2 Å². The van der Waals surface area contributed by atoms with Crippen molar-refractivity contribution in [1.82, 2.24) is 15.2 Å². The molecule has 1 aliphatic rings. The third-order valence-electron chi connectivity index (χ3n) is 4.64. The molecular formula is C21H20N4O2S. The first-order valence-corrected chi connectivity index (χ1v) is 10.1. The maximum absolute atomic E-state index is 12.7. The maximum Gasteiger partial charge on any atom is 0.247 e. The van der Waals surface area contributed by atoms with Gasteiger partial charge in [-0.3, -0.25) is 9.69 Å². The number of fused-ring (bicyclic) bond motifs is 3. The Morgan fingerprint density at radius 1 is 1.07 bits per heavy atom. The Labute approximate surface area is 168 Å². The monoisotopic (exact) mass is 392 g/mol. The molecule has 7 heteroatoms. The molecule has 0 bridgehead atoms. The van der Waals surface area contributed by atoms with E-state index in [2.05, 4.69) is 15.2 Å². The Hall–Kier alpha value is -2.93. The fourth-order valence-corrected chi connectivity index (χ4v) is 3.55. The van der Waals surface area contributed by atoms with Crippen molar-refractivity contribution in [3.63, 3.8) is 0 Å². The van der Waals surface area contributed by atoms with Crippen molar-refractivity contribution in [1.29, 1.82) is 0 Å². The summed E-state index contributed by atoms with van der Waals surface area (Å²) in [5, 5.41) is 9.07. The number of ether oxygens (including phenoxy) is 1. The Morgan fingerprint density at radius 3 is 2.46 bits per heavy atom. The second-order valence-electron chi connectivity index (χ2n) is 6.74. The molecule has 0 fully saturated rings. The van der Waals surface area contributed by atoms with Gasteiger partial charge < -0.3 is 4.74 Å². The number of carbonyl (C=O) groups excluding carboxylic acids is 1. The molecule has 0 aliphatic carbocycles. The Kier molecular flexibility index (Phi) is 4.77. The lowest BCUT2D eigenvalue weighted by Crippen LogP contribution is -2.36. The van der Waals surface area contributed by atoms with Crippen LogP contribution in [0.3, 0.4) is 0 Å². The summed E-state index contributed by atoms with van der Waals surface area (Å²) < 4.78 is 6.30. The molecule has 0 unspecified atom stereocenters. The SMILES string of the molecule is CSc1nnc2c(n1)O[C@H](c1ccc(C)cc1)N(C(C)=O)c1ccc(C)cc1-2. The molecule has 6 nitrogen and oxygen atoms in total. The lowest BCUT2D eigenvalue weighted by atomic mass is 10.0. The van der Waals surface area contributed by atoms with Gasteiger partial charge in [-0.25, -0.2) is 0 Å². The fraction of sp³-hybridized carbons (Fsp3) is 0.238. The molecule has 0 N–H and O–H groups in total. The molecule has 2 heterocycles. The van der Waals surface area contributed by atoms with Crippen molar-refractivity contribution in [2.75, 3.05) is 11.2 Å².